The SMILES string of the molecule is CCCCCCCCCCCOc1ccc(C2=C3C=CC(=N3)C(c3ccc(OCCC[N+](CC)(CC)CC)cc3)=C3C=CC(=N3)C(c3ccc(OCCC[N+](CC)(CC)CC)cc3)=C3C=CC(=N3)C(c3ccc(OCCC[N+](CC)(CC)CC)cc3)=C3C=CC2=N3)cc1. The summed E-state index contributed by atoms with van der Waals surface area (Å²) in [6.07, 6.45) is 31.6. The van der Waals surface area contributed by atoms with Crippen LogP contribution < -0.4 is 18.9 Å². The molecule has 0 atom stereocenters. The van der Waals surface area contributed by atoms with Gasteiger partial charge in [0.25, 0.3) is 0 Å². The van der Waals surface area contributed by atoms with Gasteiger partial charge in [-0.15, -0.1) is 0 Å². The van der Waals surface area contributed by atoms with Crippen molar-refractivity contribution < 1.29 is 32.4 Å². The van der Waals surface area contributed by atoms with E-state index in [0.29, 0.717) is 26.4 Å². The average Bonchev–Trinajstić information content (AvgIpc) is 1.64. The molecule has 5 aliphatic rings. The molecule has 0 fully saturated rings. The highest BCUT2D eigenvalue weighted by Gasteiger charge is 2.29. The predicted molar refractivity (Wildman–Crippen MR) is 393 cm³/mol. The van der Waals surface area contributed by atoms with Gasteiger partial charge in [-0.1, -0.05) is 107 Å². The Morgan fingerprint density at radius 1 is 0.247 bits per heavy atom. The predicted octanol–water partition coefficient (Wildman–Crippen LogP) is 18.5. The first-order chi connectivity index (χ1) is 45.5. The van der Waals surface area contributed by atoms with Crippen molar-refractivity contribution in [3.05, 3.63) is 191 Å². The normalized spacial score (nSPS) is 15.5. The van der Waals surface area contributed by atoms with Crippen LogP contribution in [0.1, 0.15) is 169 Å². The molecule has 11 heteroatoms. The molecule has 0 aromatic heterocycles. The summed E-state index contributed by atoms with van der Waals surface area (Å²) in [7, 11) is 0. The largest absolute Gasteiger partial charge is 0.494 e. The highest BCUT2D eigenvalue weighted by molar-refractivity contribution is 6.39. The summed E-state index contributed by atoms with van der Waals surface area (Å²) in [5, 5.41) is 0. The first-order valence-electron chi connectivity index (χ1n) is 36.1. The van der Waals surface area contributed by atoms with E-state index in [1.807, 2.05) is 0 Å². The highest BCUT2D eigenvalue weighted by Crippen LogP contribution is 2.40. The minimum absolute atomic E-state index is 0.664. The molecule has 93 heavy (non-hydrogen) atoms. The quantitative estimate of drug-likeness (QED) is 0.0329. The Balaban J connectivity index is 1.11. The van der Waals surface area contributed by atoms with E-state index in [0.717, 1.165) is 231 Å². The zero-order chi connectivity index (χ0) is 65.5. The Morgan fingerprint density at radius 2 is 0.462 bits per heavy atom. The molecule has 0 amide bonds. The number of nitrogens with zero attached hydrogens (tertiary/aromatic N) is 7. The van der Waals surface area contributed by atoms with Crippen LogP contribution in [-0.2, 0) is 0 Å². The lowest BCUT2D eigenvalue weighted by Crippen LogP contribution is -2.48. The molecule has 5 heterocycles. The summed E-state index contributed by atoms with van der Waals surface area (Å²) in [6.45, 7) is 39.1. The molecule has 5 aliphatic heterocycles. The molecule has 0 spiro atoms. The smallest absolute Gasteiger partial charge is 0.119 e. The number of fused-ring (bicyclic) bond motifs is 4. The lowest BCUT2D eigenvalue weighted by molar-refractivity contribution is -0.923. The molecule has 4 aromatic rings. The second-order valence-electron chi connectivity index (χ2n) is 25.8. The number of hydrogen-bond donors (Lipinski definition) is 0. The highest BCUT2D eigenvalue weighted by atomic mass is 16.5. The Labute approximate surface area is 559 Å². The van der Waals surface area contributed by atoms with Crippen LogP contribution in [0.3, 0.4) is 0 Å². The number of allylic oxidation sites excluding steroid dienone is 12. The van der Waals surface area contributed by atoms with Crippen LogP contribution in [0.5, 0.6) is 23.0 Å². The number of rotatable bonds is 39. The van der Waals surface area contributed by atoms with Gasteiger partial charge in [0.15, 0.2) is 0 Å². The minimum atomic E-state index is 0.664. The molecule has 0 aliphatic carbocycles. The first kappa shape index (κ1) is 69.9. The molecule has 11 nitrogen and oxygen atoms in total. The summed E-state index contributed by atoms with van der Waals surface area (Å²) in [6, 6.07) is 34.0. The van der Waals surface area contributed by atoms with E-state index in [1.165, 1.54) is 51.4 Å². The second-order valence-corrected chi connectivity index (χ2v) is 25.8. The van der Waals surface area contributed by atoms with Gasteiger partial charge in [-0.05, 0) is 188 Å². The van der Waals surface area contributed by atoms with Crippen LogP contribution in [0.4, 0.5) is 0 Å². The van der Waals surface area contributed by atoms with Gasteiger partial charge < -0.3 is 32.4 Å². The fourth-order valence-corrected chi connectivity index (χ4v) is 13.9. The molecule has 0 unspecified atom stereocenters. The van der Waals surface area contributed by atoms with Gasteiger partial charge in [-0.2, -0.15) is 0 Å². The van der Waals surface area contributed by atoms with Gasteiger partial charge in [0.05, 0.1) is 151 Å². The topological polar surface area (TPSA) is 86.4 Å². The molecule has 0 radical (unpaired) electrons. The zero-order valence-electron chi connectivity index (χ0n) is 58.4. The average molecular weight is 1260 g/mol. The van der Waals surface area contributed by atoms with E-state index in [4.69, 9.17) is 38.9 Å². The summed E-state index contributed by atoms with van der Waals surface area (Å²) < 4.78 is 29.1. The zero-order valence-corrected chi connectivity index (χ0v) is 58.4. The van der Waals surface area contributed by atoms with Crippen molar-refractivity contribution in [1.29, 1.82) is 0 Å². The van der Waals surface area contributed by atoms with Crippen molar-refractivity contribution in [2.75, 3.05) is 105 Å². The first-order valence-corrected chi connectivity index (χ1v) is 36.1. The molecule has 0 saturated carbocycles. The maximum Gasteiger partial charge on any atom is 0.119 e. The third kappa shape index (κ3) is 17.9. The molecule has 494 valence electrons. The third-order valence-electron chi connectivity index (χ3n) is 20.9. The maximum absolute atomic E-state index is 6.45. The Hall–Kier alpha value is -7.44. The van der Waals surface area contributed by atoms with E-state index in [-0.39, 0.29) is 0 Å². The van der Waals surface area contributed by atoms with E-state index < -0.39 is 0 Å². The van der Waals surface area contributed by atoms with Gasteiger partial charge in [0, 0.05) is 41.6 Å². The van der Waals surface area contributed by atoms with Crippen molar-refractivity contribution in [1.82, 2.24) is 0 Å². The second kappa shape index (κ2) is 34.6. The monoisotopic (exact) mass is 1260 g/mol. The van der Waals surface area contributed by atoms with Crippen molar-refractivity contribution >= 4 is 45.1 Å². The van der Waals surface area contributed by atoms with Crippen LogP contribution in [0.15, 0.2) is 188 Å². The molecule has 9 rings (SSSR count). The van der Waals surface area contributed by atoms with Crippen LogP contribution in [0, 0.1) is 0 Å². The number of quaternary nitrogens is 3. The van der Waals surface area contributed by atoms with E-state index >= 15 is 0 Å². The fourth-order valence-electron chi connectivity index (χ4n) is 13.9. The van der Waals surface area contributed by atoms with Crippen LogP contribution in [-0.4, -0.2) is 141 Å². The summed E-state index contributed by atoms with van der Waals surface area (Å²) in [4.78, 5) is 22.4. The fraction of sp³-hybridized carbons (Fsp3) is 0.463. The van der Waals surface area contributed by atoms with Crippen LogP contribution >= 0.6 is 0 Å². The third-order valence-corrected chi connectivity index (χ3v) is 20.9. The van der Waals surface area contributed by atoms with Crippen molar-refractivity contribution in [2.45, 2.75) is 146 Å². The Bertz CT molecular complexity index is 3410. The summed E-state index contributed by atoms with van der Waals surface area (Å²) in [5.41, 5.74) is 14.2. The number of ether oxygens (including phenoxy) is 4. The van der Waals surface area contributed by atoms with Gasteiger partial charge in [0.1, 0.15) is 23.0 Å². The van der Waals surface area contributed by atoms with Crippen LogP contribution in [0.25, 0.3) is 22.3 Å². The van der Waals surface area contributed by atoms with Gasteiger partial charge in [-0.25, -0.2) is 20.0 Å². The molecule has 0 saturated heterocycles. The van der Waals surface area contributed by atoms with Gasteiger partial charge >= 0.3 is 0 Å². The van der Waals surface area contributed by atoms with E-state index in [9.17, 15) is 0 Å². The van der Waals surface area contributed by atoms with Gasteiger partial charge in [-0.3, -0.25) is 0 Å². The number of unbranched alkanes of at least 4 members (excludes halogenated alkanes) is 8. The Morgan fingerprint density at radius 3 is 0.688 bits per heavy atom. The lowest BCUT2D eigenvalue weighted by atomic mass is 9.98. The Kier molecular flexibility index (Phi) is 26.0. The number of benzene rings is 4. The summed E-state index contributed by atoms with van der Waals surface area (Å²) >= 11 is 0. The van der Waals surface area contributed by atoms with Crippen molar-refractivity contribution in [3.63, 3.8) is 0 Å². The number of aliphatic imine (C=N–C) groups is 4. The molecule has 4 aromatic carbocycles. The maximum atomic E-state index is 6.45. The van der Waals surface area contributed by atoms with E-state index in [1.54, 1.807) is 0 Å². The molecular weight excluding hydrogens is 1150 g/mol. The number of hydrogen-bond acceptors (Lipinski definition) is 8. The van der Waals surface area contributed by atoms with E-state index in [2.05, 4.69) is 215 Å². The standard InChI is InChI=1S/C82H110N7O4/c1-11-21-22-23-24-25-26-27-28-59-90-67-40-32-63(33-41-67)79-71-48-50-73(83-71)80(64-34-42-68(43-35-64)91-60-29-56-87(12-2,13-3)14-4)75-52-54-77(85-75)82(66-38-46-70(47-39-66)93-62-31-58-89(18-8,19-9)20-10)78-55-53-76(86-78)81(74-51-49-72(79)84-74)65-36-44-69(45-37-65)92-61-30-57-88(15-5,16-6)17-7/h32-55H,11-31,56-62H2,1-10H3/q+3. The lowest BCUT2D eigenvalue weighted by Gasteiger charge is -2.35. The van der Waals surface area contributed by atoms with Crippen molar-refractivity contribution in [3.8, 4) is 23.0 Å². The minimum Gasteiger partial charge on any atom is -0.494 e. The molecular formula is C82H110N7O4+3. The van der Waals surface area contributed by atoms with Gasteiger partial charge in [0.2, 0.25) is 0 Å². The van der Waals surface area contributed by atoms with Crippen molar-refractivity contribution in [2.24, 2.45) is 20.0 Å². The molecule has 8 bridgehead atoms. The summed E-state index contributed by atoms with van der Waals surface area (Å²) in [5.74, 6) is 3.40. The molecule has 0 N–H and O–H groups in total. The van der Waals surface area contributed by atoms with Crippen LogP contribution in [0.2, 0.25) is 0 Å².